The lowest BCUT2D eigenvalue weighted by molar-refractivity contribution is 0.0713. The molecular weight excluding hydrogens is 404 g/mol. The molecule has 1 aromatic heterocycles. The SMILES string of the molecule is CC(C)S(=O)(=O)c1ccc(C(=O)N2CCC(c3nc4ccccc4s3)CC2)cc1. The number of para-hydroxylation sites is 1. The highest BCUT2D eigenvalue weighted by molar-refractivity contribution is 7.92. The Bertz CT molecular complexity index is 1090. The Morgan fingerprint density at radius 2 is 1.72 bits per heavy atom. The Morgan fingerprint density at radius 1 is 1.07 bits per heavy atom. The number of carbonyl (C=O) groups is 1. The minimum atomic E-state index is -3.32. The first-order valence-corrected chi connectivity index (χ1v) is 12.2. The van der Waals surface area contributed by atoms with E-state index in [1.807, 2.05) is 23.1 Å². The van der Waals surface area contributed by atoms with Crippen LogP contribution in [-0.4, -0.2) is 42.5 Å². The normalized spacial score (nSPS) is 15.9. The molecule has 3 aromatic rings. The van der Waals surface area contributed by atoms with Gasteiger partial charge in [0.1, 0.15) is 0 Å². The predicted octanol–water partition coefficient (Wildman–Crippen LogP) is 4.50. The van der Waals surface area contributed by atoms with E-state index in [2.05, 4.69) is 6.07 Å². The molecule has 0 bridgehead atoms. The van der Waals surface area contributed by atoms with E-state index in [1.165, 1.54) is 16.8 Å². The van der Waals surface area contributed by atoms with Gasteiger partial charge in [0.25, 0.3) is 5.91 Å². The summed E-state index contributed by atoms with van der Waals surface area (Å²) in [6, 6.07) is 14.5. The number of rotatable bonds is 4. The van der Waals surface area contributed by atoms with Crippen LogP contribution in [0.2, 0.25) is 0 Å². The van der Waals surface area contributed by atoms with Gasteiger partial charge in [-0.3, -0.25) is 4.79 Å². The van der Waals surface area contributed by atoms with E-state index in [1.54, 1.807) is 37.3 Å². The van der Waals surface area contributed by atoms with E-state index in [4.69, 9.17) is 4.98 Å². The maximum absolute atomic E-state index is 12.8. The molecule has 1 amide bonds. The van der Waals surface area contributed by atoms with Crippen molar-refractivity contribution in [3.63, 3.8) is 0 Å². The summed E-state index contributed by atoms with van der Waals surface area (Å²) in [5, 5.41) is 0.673. The zero-order valence-electron chi connectivity index (χ0n) is 16.5. The van der Waals surface area contributed by atoms with E-state index in [0.29, 0.717) is 24.6 Å². The molecule has 5 nitrogen and oxygen atoms in total. The largest absolute Gasteiger partial charge is 0.339 e. The Balaban J connectivity index is 1.42. The topological polar surface area (TPSA) is 67.3 Å². The van der Waals surface area contributed by atoms with E-state index in [9.17, 15) is 13.2 Å². The fraction of sp³-hybridized carbons (Fsp3) is 0.364. The molecule has 2 heterocycles. The summed E-state index contributed by atoms with van der Waals surface area (Å²) in [7, 11) is -3.32. The summed E-state index contributed by atoms with van der Waals surface area (Å²) in [5.74, 6) is 0.344. The lowest BCUT2D eigenvalue weighted by Crippen LogP contribution is -2.37. The van der Waals surface area contributed by atoms with Crippen LogP contribution in [0.4, 0.5) is 0 Å². The molecule has 0 atom stereocenters. The maximum Gasteiger partial charge on any atom is 0.253 e. The summed E-state index contributed by atoms with van der Waals surface area (Å²) in [6.45, 7) is 4.69. The summed E-state index contributed by atoms with van der Waals surface area (Å²) >= 11 is 1.74. The van der Waals surface area contributed by atoms with Gasteiger partial charge >= 0.3 is 0 Å². The van der Waals surface area contributed by atoms with Gasteiger partial charge in [0.2, 0.25) is 0 Å². The van der Waals surface area contributed by atoms with Gasteiger partial charge in [-0.25, -0.2) is 13.4 Å². The molecule has 7 heteroatoms. The van der Waals surface area contributed by atoms with Gasteiger partial charge in [-0.15, -0.1) is 11.3 Å². The Kier molecular flexibility index (Phi) is 5.44. The quantitative estimate of drug-likeness (QED) is 0.614. The highest BCUT2D eigenvalue weighted by Crippen LogP contribution is 2.34. The van der Waals surface area contributed by atoms with Gasteiger partial charge in [0.05, 0.1) is 25.4 Å². The van der Waals surface area contributed by atoms with Crippen molar-refractivity contribution < 1.29 is 13.2 Å². The van der Waals surface area contributed by atoms with Crippen LogP contribution in [0.15, 0.2) is 53.4 Å². The van der Waals surface area contributed by atoms with Crippen LogP contribution < -0.4 is 0 Å². The molecule has 0 radical (unpaired) electrons. The first kappa shape index (κ1) is 20.0. The zero-order chi connectivity index (χ0) is 20.6. The molecule has 1 aliphatic heterocycles. The molecule has 0 saturated carbocycles. The number of hydrogen-bond donors (Lipinski definition) is 0. The number of hydrogen-bond acceptors (Lipinski definition) is 5. The van der Waals surface area contributed by atoms with Crippen molar-refractivity contribution in [2.75, 3.05) is 13.1 Å². The van der Waals surface area contributed by atoms with E-state index in [0.717, 1.165) is 23.4 Å². The number of aromatic nitrogens is 1. The maximum atomic E-state index is 12.8. The number of amides is 1. The van der Waals surface area contributed by atoms with Crippen LogP contribution in [0.25, 0.3) is 10.2 Å². The minimum absolute atomic E-state index is 0.0405. The third kappa shape index (κ3) is 3.94. The van der Waals surface area contributed by atoms with Crippen molar-refractivity contribution in [1.29, 1.82) is 0 Å². The third-order valence-electron chi connectivity index (χ3n) is 5.49. The molecule has 152 valence electrons. The monoisotopic (exact) mass is 428 g/mol. The average molecular weight is 429 g/mol. The summed E-state index contributed by atoms with van der Waals surface area (Å²) in [5.41, 5.74) is 1.58. The predicted molar refractivity (Wildman–Crippen MR) is 116 cm³/mol. The molecule has 2 aromatic carbocycles. The van der Waals surface area contributed by atoms with Crippen molar-refractivity contribution in [3.05, 3.63) is 59.1 Å². The van der Waals surface area contributed by atoms with Crippen LogP contribution >= 0.6 is 11.3 Å². The fourth-order valence-corrected chi connectivity index (χ4v) is 5.83. The van der Waals surface area contributed by atoms with Gasteiger partial charge in [0.15, 0.2) is 9.84 Å². The molecule has 1 fully saturated rings. The van der Waals surface area contributed by atoms with Crippen molar-refractivity contribution in [2.45, 2.75) is 42.8 Å². The van der Waals surface area contributed by atoms with Gasteiger partial charge in [0, 0.05) is 24.6 Å². The number of carbonyl (C=O) groups excluding carboxylic acids is 1. The second-order valence-corrected chi connectivity index (χ2v) is 11.3. The minimum Gasteiger partial charge on any atom is -0.339 e. The summed E-state index contributed by atoms with van der Waals surface area (Å²) in [4.78, 5) is 19.7. The number of nitrogens with zero attached hydrogens (tertiary/aromatic N) is 2. The second kappa shape index (κ2) is 7.88. The number of fused-ring (bicyclic) bond motifs is 1. The van der Waals surface area contributed by atoms with Gasteiger partial charge in [-0.05, 0) is 63.1 Å². The van der Waals surface area contributed by atoms with E-state index >= 15 is 0 Å². The van der Waals surface area contributed by atoms with Crippen molar-refractivity contribution >= 4 is 37.3 Å². The van der Waals surface area contributed by atoms with Crippen molar-refractivity contribution in [3.8, 4) is 0 Å². The van der Waals surface area contributed by atoms with E-state index in [-0.39, 0.29) is 10.8 Å². The third-order valence-corrected chi connectivity index (χ3v) is 8.86. The molecule has 0 aliphatic carbocycles. The van der Waals surface area contributed by atoms with Crippen LogP contribution in [0.3, 0.4) is 0 Å². The van der Waals surface area contributed by atoms with Crippen LogP contribution in [0, 0.1) is 0 Å². The Hall–Kier alpha value is -2.25. The number of thiazole rings is 1. The number of sulfone groups is 1. The number of likely N-dealkylation sites (tertiary alicyclic amines) is 1. The van der Waals surface area contributed by atoms with Gasteiger partial charge in [-0.1, -0.05) is 12.1 Å². The molecular formula is C22H24N2O3S2. The highest BCUT2D eigenvalue weighted by atomic mass is 32.2. The van der Waals surface area contributed by atoms with Crippen LogP contribution in [0.5, 0.6) is 0 Å². The molecule has 0 unspecified atom stereocenters. The first-order chi connectivity index (χ1) is 13.9. The smallest absolute Gasteiger partial charge is 0.253 e. The Morgan fingerprint density at radius 3 is 2.34 bits per heavy atom. The second-order valence-electron chi connectivity index (χ2n) is 7.70. The van der Waals surface area contributed by atoms with Gasteiger partial charge in [-0.2, -0.15) is 0 Å². The zero-order valence-corrected chi connectivity index (χ0v) is 18.2. The molecule has 0 spiro atoms. The van der Waals surface area contributed by atoms with Crippen molar-refractivity contribution in [1.82, 2.24) is 9.88 Å². The summed E-state index contributed by atoms with van der Waals surface area (Å²) in [6.07, 6.45) is 1.79. The fourth-order valence-electron chi connectivity index (χ4n) is 3.64. The van der Waals surface area contributed by atoms with E-state index < -0.39 is 15.1 Å². The highest BCUT2D eigenvalue weighted by Gasteiger charge is 2.27. The average Bonchev–Trinajstić information content (AvgIpc) is 3.17. The summed E-state index contributed by atoms with van der Waals surface area (Å²) < 4.78 is 25.7. The Labute approximate surface area is 175 Å². The molecule has 4 rings (SSSR count). The van der Waals surface area contributed by atoms with Gasteiger partial charge < -0.3 is 4.90 Å². The van der Waals surface area contributed by atoms with Crippen molar-refractivity contribution in [2.24, 2.45) is 0 Å². The number of benzene rings is 2. The molecule has 29 heavy (non-hydrogen) atoms. The molecule has 0 N–H and O–H groups in total. The lowest BCUT2D eigenvalue weighted by atomic mass is 9.97. The first-order valence-electron chi connectivity index (χ1n) is 9.85. The van der Waals surface area contributed by atoms with Crippen LogP contribution in [0.1, 0.15) is 48.0 Å². The number of piperidine rings is 1. The molecule has 1 saturated heterocycles. The lowest BCUT2D eigenvalue weighted by Gasteiger charge is -2.31. The molecule has 1 aliphatic rings. The van der Waals surface area contributed by atoms with Crippen LogP contribution in [-0.2, 0) is 9.84 Å². The standard InChI is InChI=1S/C22H24N2O3S2/c1-15(2)29(26,27)18-9-7-17(8-10-18)22(25)24-13-11-16(12-14-24)21-23-19-5-3-4-6-20(19)28-21/h3-10,15-16H,11-14H2,1-2H3.